The molecule has 0 spiro atoms. The van der Waals surface area contributed by atoms with Gasteiger partial charge in [0, 0.05) is 26.1 Å². The van der Waals surface area contributed by atoms with Crippen molar-refractivity contribution in [1.29, 1.82) is 0 Å². The summed E-state index contributed by atoms with van der Waals surface area (Å²) in [6, 6.07) is 13.8. The van der Waals surface area contributed by atoms with E-state index in [9.17, 15) is 19.1 Å². The van der Waals surface area contributed by atoms with Crippen molar-refractivity contribution in [2.45, 2.75) is 18.4 Å². The molecule has 146 valence electrons. The molecule has 2 aliphatic heterocycles. The number of amides is 2. The van der Waals surface area contributed by atoms with Crippen LogP contribution in [0.15, 0.2) is 48.5 Å². The highest BCUT2D eigenvalue weighted by atomic mass is 19.1. The lowest BCUT2D eigenvalue weighted by Crippen LogP contribution is -2.63. The lowest BCUT2D eigenvalue weighted by molar-refractivity contribution is -0.134. The van der Waals surface area contributed by atoms with Crippen molar-refractivity contribution in [3.63, 3.8) is 0 Å². The standard InChI is InChI=1S/C21H21FN2O4/c22-17-10-16(6-7-18(17)25)11-19(26)23-8-9-24-20(27)28-14-21(24,13-23)12-15-4-2-1-3-5-15/h1-7,10,25H,8-9,11-14H2. The number of hydrogen-bond donors (Lipinski definition) is 1. The van der Waals surface area contributed by atoms with E-state index < -0.39 is 17.1 Å². The summed E-state index contributed by atoms with van der Waals surface area (Å²) in [4.78, 5) is 28.4. The number of aromatic hydroxyl groups is 1. The van der Waals surface area contributed by atoms with E-state index in [4.69, 9.17) is 4.74 Å². The van der Waals surface area contributed by atoms with Gasteiger partial charge >= 0.3 is 6.09 Å². The normalized spacial score (nSPS) is 21.4. The fourth-order valence-electron chi connectivity index (χ4n) is 4.00. The summed E-state index contributed by atoms with van der Waals surface area (Å²) in [6.45, 7) is 1.41. The first-order chi connectivity index (χ1) is 13.5. The number of piperazine rings is 1. The summed E-state index contributed by atoms with van der Waals surface area (Å²) in [5.74, 6) is -1.32. The molecular weight excluding hydrogens is 363 g/mol. The van der Waals surface area contributed by atoms with Crippen molar-refractivity contribution in [1.82, 2.24) is 9.80 Å². The van der Waals surface area contributed by atoms with Gasteiger partial charge in [0.15, 0.2) is 11.6 Å². The summed E-state index contributed by atoms with van der Waals surface area (Å²) in [7, 11) is 0. The Morgan fingerprint density at radius 1 is 1.14 bits per heavy atom. The third kappa shape index (κ3) is 3.40. The molecule has 4 rings (SSSR count). The lowest BCUT2D eigenvalue weighted by atomic mass is 9.88. The Labute approximate surface area is 162 Å². The molecule has 2 amide bonds. The number of ether oxygens (including phenoxy) is 1. The first-order valence-electron chi connectivity index (χ1n) is 9.20. The fourth-order valence-corrected chi connectivity index (χ4v) is 4.00. The van der Waals surface area contributed by atoms with Crippen LogP contribution in [0.1, 0.15) is 11.1 Å². The first-order valence-corrected chi connectivity index (χ1v) is 9.20. The van der Waals surface area contributed by atoms with Gasteiger partial charge in [-0.25, -0.2) is 9.18 Å². The molecule has 2 fully saturated rings. The van der Waals surface area contributed by atoms with Crippen molar-refractivity contribution in [3.8, 4) is 5.75 Å². The maximum atomic E-state index is 13.6. The van der Waals surface area contributed by atoms with Crippen LogP contribution in [0.2, 0.25) is 0 Å². The van der Waals surface area contributed by atoms with Crippen LogP contribution in [0, 0.1) is 5.82 Å². The van der Waals surface area contributed by atoms with Gasteiger partial charge in [0.1, 0.15) is 12.1 Å². The summed E-state index contributed by atoms with van der Waals surface area (Å²) in [6.07, 6.45) is 0.286. The molecule has 0 aliphatic carbocycles. The van der Waals surface area contributed by atoms with E-state index in [0.29, 0.717) is 31.6 Å². The van der Waals surface area contributed by atoms with E-state index in [-0.39, 0.29) is 25.0 Å². The zero-order chi connectivity index (χ0) is 19.7. The molecule has 7 heteroatoms. The van der Waals surface area contributed by atoms with Crippen molar-refractivity contribution in [2.75, 3.05) is 26.2 Å². The number of fused-ring (bicyclic) bond motifs is 1. The van der Waals surface area contributed by atoms with Gasteiger partial charge in [0.05, 0.1) is 6.42 Å². The van der Waals surface area contributed by atoms with Crippen molar-refractivity contribution in [3.05, 3.63) is 65.5 Å². The molecule has 0 saturated carbocycles. The van der Waals surface area contributed by atoms with Gasteiger partial charge in [-0.3, -0.25) is 9.69 Å². The van der Waals surface area contributed by atoms with E-state index in [1.807, 2.05) is 30.3 Å². The second-order valence-electron chi connectivity index (χ2n) is 7.37. The molecule has 0 bridgehead atoms. The van der Waals surface area contributed by atoms with Crippen molar-refractivity contribution < 1.29 is 23.8 Å². The largest absolute Gasteiger partial charge is 0.505 e. The number of phenolic OH excluding ortho intramolecular Hbond substituents is 1. The molecule has 28 heavy (non-hydrogen) atoms. The minimum atomic E-state index is -0.745. The topological polar surface area (TPSA) is 70.1 Å². The average molecular weight is 384 g/mol. The van der Waals surface area contributed by atoms with E-state index in [1.54, 1.807) is 9.80 Å². The summed E-state index contributed by atoms with van der Waals surface area (Å²) in [5, 5.41) is 9.31. The first kappa shape index (κ1) is 18.3. The number of carbonyl (C=O) groups excluding carboxylic acids is 2. The number of halogens is 1. The Balaban J connectivity index is 1.52. The van der Waals surface area contributed by atoms with E-state index in [2.05, 4.69) is 0 Å². The number of rotatable bonds is 4. The Hall–Kier alpha value is -3.09. The number of cyclic esters (lactones) is 1. The molecule has 1 atom stereocenters. The van der Waals surface area contributed by atoms with Gasteiger partial charge in [0.2, 0.25) is 5.91 Å². The van der Waals surface area contributed by atoms with Crippen LogP contribution >= 0.6 is 0 Å². The minimum Gasteiger partial charge on any atom is -0.505 e. The average Bonchev–Trinajstić information content (AvgIpc) is 3.01. The quantitative estimate of drug-likeness (QED) is 0.879. The second kappa shape index (κ2) is 7.14. The van der Waals surface area contributed by atoms with E-state index >= 15 is 0 Å². The van der Waals surface area contributed by atoms with Crippen LogP contribution in [0.5, 0.6) is 5.75 Å². The van der Waals surface area contributed by atoms with Crippen LogP contribution in [-0.4, -0.2) is 58.7 Å². The summed E-state index contributed by atoms with van der Waals surface area (Å²) in [5.41, 5.74) is 0.978. The molecule has 1 unspecified atom stereocenters. The molecule has 2 aromatic rings. The highest BCUT2D eigenvalue weighted by Crippen LogP contribution is 2.32. The van der Waals surface area contributed by atoms with Crippen LogP contribution in [0.25, 0.3) is 0 Å². The zero-order valence-electron chi connectivity index (χ0n) is 15.3. The van der Waals surface area contributed by atoms with Gasteiger partial charge in [-0.2, -0.15) is 0 Å². The maximum absolute atomic E-state index is 13.6. The Kier molecular flexibility index (Phi) is 4.66. The Bertz CT molecular complexity index is 905. The molecule has 2 aromatic carbocycles. The fraction of sp³-hybridized carbons (Fsp3) is 0.333. The molecule has 1 N–H and O–H groups in total. The van der Waals surface area contributed by atoms with Crippen LogP contribution in [0.3, 0.4) is 0 Å². The second-order valence-corrected chi connectivity index (χ2v) is 7.37. The lowest BCUT2D eigenvalue weighted by Gasteiger charge is -2.44. The number of hydrogen-bond acceptors (Lipinski definition) is 4. The van der Waals surface area contributed by atoms with Crippen LogP contribution < -0.4 is 0 Å². The number of nitrogens with zero attached hydrogens (tertiary/aromatic N) is 2. The number of benzene rings is 2. The van der Waals surface area contributed by atoms with Gasteiger partial charge in [0.25, 0.3) is 0 Å². The molecule has 0 radical (unpaired) electrons. The van der Waals surface area contributed by atoms with Crippen molar-refractivity contribution in [2.24, 2.45) is 0 Å². The minimum absolute atomic E-state index is 0.0351. The van der Waals surface area contributed by atoms with Crippen molar-refractivity contribution >= 4 is 12.0 Å². The Morgan fingerprint density at radius 3 is 2.68 bits per heavy atom. The predicted molar refractivity (Wildman–Crippen MR) is 99.3 cm³/mol. The smallest absolute Gasteiger partial charge is 0.410 e. The molecular formula is C21H21FN2O4. The number of phenols is 1. The summed E-state index contributed by atoms with van der Waals surface area (Å²) < 4.78 is 18.9. The molecule has 2 saturated heterocycles. The molecule has 0 aromatic heterocycles. The third-order valence-corrected chi connectivity index (χ3v) is 5.43. The van der Waals surface area contributed by atoms with Gasteiger partial charge in [-0.1, -0.05) is 36.4 Å². The monoisotopic (exact) mass is 384 g/mol. The third-order valence-electron chi connectivity index (χ3n) is 5.43. The zero-order valence-corrected chi connectivity index (χ0v) is 15.3. The highest BCUT2D eigenvalue weighted by molar-refractivity contribution is 5.80. The molecule has 2 aliphatic rings. The van der Waals surface area contributed by atoms with Crippen LogP contribution in [0.4, 0.5) is 9.18 Å². The summed E-state index contributed by atoms with van der Waals surface area (Å²) >= 11 is 0. The number of carbonyl (C=O) groups is 2. The van der Waals surface area contributed by atoms with Crippen LogP contribution in [-0.2, 0) is 22.4 Å². The van der Waals surface area contributed by atoms with Gasteiger partial charge in [-0.05, 0) is 23.3 Å². The SMILES string of the molecule is O=C(Cc1ccc(O)c(F)c1)N1CCN2C(=O)OCC2(Cc2ccccc2)C1. The maximum Gasteiger partial charge on any atom is 0.410 e. The highest BCUT2D eigenvalue weighted by Gasteiger charge is 2.51. The molecule has 2 heterocycles. The Morgan fingerprint density at radius 2 is 1.93 bits per heavy atom. The van der Waals surface area contributed by atoms with Gasteiger partial charge < -0.3 is 14.7 Å². The van der Waals surface area contributed by atoms with E-state index in [0.717, 1.165) is 5.56 Å². The van der Waals surface area contributed by atoms with Gasteiger partial charge in [-0.15, -0.1) is 0 Å². The van der Waals surface area contributed by atoms with E-state index in [1.165, 1.54) is 18.2 Å². The molecule has 6 nitrogen and oxygen atoms in total. The predicted octanol–water partition coefficient (Wildman–Crippen LogP) is 2.35.